The zero-order chi connectivity index (χ0) is 25.8. The predicted molar refractivity (Wildman–Crippen MR) is 132 cm³/mol. The van der Waals surface area contributed by atoms with Gasteiger partial charge in [0.1, 0.15) is 11.5 Å². The quantitative estimate of drug-likeness (QED) is 0.217. The van der Waals surface area contributed by atoms with Crippen LogP contribution < -0.4 is 4.74 Å². The van der Waals surface area contributed by atoms with Crippen molar-refractivity contribution in [3.8, 4) is 5.75 Å². The van der Waals surface area contributed by atoms with Crippen LogP contribution in [0.3, 0.4) is 0 Å². The van der Waals surface area contributed by atoms with E-state index in [0.717, 1.165) is 0 Å². The Morgan fingerprint density at radius 3 is 2.47 bits per heavy atom. The molecule has 1 aromatic heterocycles. The van der Waals surface area contributed by atoms with Crippen molar-refractivity contribution in [3.63, 3.8) is 0 Å². The topological polar surface area (TPSA) is 106 Å². The van der Waals surface area contributed by atoms with Crippen LogP contribution in [0.5, 0.6) is 5.75 Å². The van der Waals surface area contributed by atoms with Crippen molar-refractivity contribution in [2.24, 2.45) is 0 Å². The summed E-state index contributed by atoms with van der Waals surface area (Å²) in [7, 11) is 1.44. The minimum absolute atomic E-state index is 0.0635. The lowest BCUT2D eigenvalue weighted by Crippen LogP contribution is -2.29. The van der Waals surface area contributed by atoms with E-state index >= 15 is 0 Å². The summed E-state index contributed by atoms with van der Waals surface area (Å²) in [5, 5.41) is 11.5. The van der Waals surface area contributed by atoms with Crippen molar-refractivity contribution in [1.82, 2.24) is 9.88 Å². The number of carbonyl (C=O) groups excluding carboxylic acids is 3. The molecule has 3 aromatic rings. The summed E-state index contributed by atoms with van der Waals surface area (Å²) in [4.78, 5) is 43.8. The van der Waals surface area contributed by atoms with Crippen molar-refractivity contribution >= 4 is 35.0 Å². The lowest BCUT2D eigenvalue weighted by molar-refractivity contribution is -0.140. The molecule has 1 fully saturated rings. The molecular weight excluding hydrogens is 484 g/mol. The van der Waals surface area contributed by atoms with E-state index in [1.54, 1.807) is 61.8 Å². The van der Waals surface area contributed by atoms with E-state index in [4.69, 9.17) is 21.1 Å². The Labute approximate surface area is 212 Å². The van der Waals surface area contributed by atoms with Gasteiger partial charge in [0, 0.05) is 24.5 Å². The van der Waals surface area contributed by atoms with E-state index in [0.29, 0.717) is 27.5 Å². The van der Waals surface area contributed by atoms with Crippen molar-refractivity contribution in [1.29, 1.82) is 0 Å². The van der Waals surface area contributed by atoms with Gasteiger partial charge in [-0.3, -0.25) is 14.6 Å². The van der Waals surface area contributed by atoms with Crippen LogP contribution in [0.15, 0.2) is 72.6 Å². The van der Waals surface area contributed by atoms with E-state index in [1.807, 2.05) is 0 Å². The number of ketones is 1. The third-order valence-corrected chi connectivity index (χ3v) is 6.09. The van der Waals surface area contributed by atoms with Crippen LogP contribution in [-0.2, 0) is 20.9 Å². The predicted octanol–water partition coefficient (Wildman–Crippen LogP) is 4.54. The third-order valence-electron chi connectivity index (χ3n) is 5.78. The van der Waals surface area contributed by atoms with E-state index in [-0.39, 0.29) is 30.0 Å². The smallest absolute Gasteiger partial charge is 0.338 e. The highest BCUT2D eigenvalue weighted by Crippen LogP contribution is 2.40. The van der Waals surface area contributed by atoms with Gasteiger partial charge in [0.2, 0.25) is 0 Å². The molecule has 1 unspecified atom stereocenters. The first-order valence-electron chi connectivity index (χ1n) is 11.1. The fourth-order valence-corrected chi connectivity index (χ4v) is 4.24. The second kappa shape index (κ2) is 10.6. The van der Waals surface area contributed by atoms with Gasteiger partial charge in [-0.05, 0) is 54.4 Å². The zero-order valence-electron chi connectivity index (χ0n) is 19.6. The van der Waals surface area contributed by atoms with Crippen molar-refractivity contribution in [2.75, 3.05) is 13.7 Å². The normalized spacial score (nSPS) is 16.8. The number of aromatic nitrogens is 1. The molecule has 1 N–H and O–H groups in total. The number of carbonyl (C=O) groups is 3. The zero-order valence-corrected chi connectivity index (χ0v) is 20.4. The minimum atomic E-state index is -0.884. The molecule has 0 saturated carbocycles. The van der Waals surface area contributed by atoms with Crippen LogP contribution in [0.4, 0.5) is 0 Å². The lowest BCUT2D eigenvalue weighted by atomic mass is 9.96. The summed E-state index contributed by atoms with van der Waals surface area (Å²) >= 11 is 6.11. The summed E-state index contributed by atoms with van der Waals surface area (Å²) in [5.41, 5.74) is 1.83. The number of amides is 1. The van der Waals surface area contributed by atoms with Gasteiger partial charge >= 0.3 is 5.97 Å². The van der Waals surface area contributed by atoms with Gasteiger partial charge in [0.15, 0.2) is 0 Å². The molecular formula is C27H23ClN2O6. The summed E-state index contributed by atoms with van der Waals surface area (Å²) < 4.78 is 10.2. The van der Waals surface area contributed by atoms with Gasteiger partial charge in [0.25, 0.3) is 11.7 Å². The number of methoxy groups -OCH3 is 1. The van der Waals surface area contributed by atoms with Crippen LogP contribution in [0.1, 0.15) is 40.0 Å². The number of pyridine rings is 1. The fourth-order valence-electron chi connectivity index (χ4n) is 4.05. The SMILES string of the molecule is CCOC(=O)c1ccc(CN2C(=O)C(=O)/C(=C(\O)c3ccc(Cl)c(OC)c3)C2c2cccnc2)cc1. The highest BCUT2D eigenvalue weighted by molar-refractivity contribution is 6.46. The number of rotatable bonds is 7. The molecule has 0 spiro atoms. The highest BCUT2D eigenvalue weighted by atomic mass is 35.5. The number of hydrogen-bond acceptors (Lipinski definition) is 7. The Kier molecular flexibility index (Phi) is 7.36. The molecule has 1 saturated heterocycles. The molecule has 0 aliphatic carbocycles. The van der Waals surface area contributed by atoms with Crippen LogP contribution in [-0.4, -0.2) is 46.4 Å². The number of aliphatic hydroxyl groups is 1. The number of ether oxygens (including phenoxy) is 2. The number of Topliss-reactive ketones (excluding diaryl/α,β-unsaturated/α-hetero) is 1. The maximum absolute atomic E-state index is 13.2. The van der Waals surface area contributed by atoms with E-state index in [9.17, 15) is 19.5 Å². The van der Waals surface area contributed by atoms with Crippen LogP contribution >= 0.6 is 11.6 Å². The number of hydrogen-bond donors (Lipinski definition) is 1. The first-order valence-corrected chi connectivity index (χ1v) is 11.5. The number of benzene rings is 2. The maximum atomic E-state index is 13.2. The Balaban J connectivity index is 1.76. The van der Waals surface area contributed by atoms with Crippen molar-refractivity contribution in [3.05, 3.63) is 99.8 Å². The molecule has 0 radical (unpaired) electrons. The number of likely N-dealkylation sites (tertiary alicyclic amines) is 1. The first kappa shape index (κ1) is 24.9. The average molecular weight is 507 g/mol. The number of halogens is 1. The Morgan fingerprint density at radius 2 is 1.83 bits per heavy atom. The highest BCUT2D eigenvalue weighted by Gasteiger charge is 2.46. The van der Waals surface area contributed by atoms with Crippen LogP contribution in [0.25, 0.3) is 5.76 Å². The van der Waals surface area contributed by atoms with Crippen LogP contribution in [0, 0.1) is 0 Å². The van der Waals surface area contributed by atoms with Gasteiger partial charge in [-0.2, -0.15) is 0 Å². The molecule has 2 heterocycles. The second-order valence-electron chi connectivity index (χ2n) is 7.98. The number of aliphatic hydroxyl groups excluding tert-OH is 1. The molecule has 1 amide bonds. The van der Waals surface area contributed by atoms with Gasteiger partial charge in [0.05, 0.1) is 35.9 Å². The third kappa shape index (κ3) is 4.81. The average Bonchev–Trinajstić information content (AvgIpc) is 3.14. The Bertz CT molecular complexity index is 1340. The first-order chi connectivity index (χ1) is 17.3. The van der Waals surface area contributed by atoms with Gasteiger partial charge in [-0.1, -0.05) is 29.8 Å². The van der Waals surface area contributed by atoms with Gasteiger partial charge in [-0.25, -0.2) is 4.79 Å². The molecule has 8 nitrogen and oxygen atoms in total. The molecule has 184 valence electrons. The molecule has 9 heteroatoms. The number of esters is 1. The van der Waals surface area contributed by atoms with Crippen molar-refractivity contribution < 1.29 is 29.0 Å². The molecule has 0 bridgehead atoms. The lowest BCUT2D eigenvalue weighted by Gasteiger charge is -2.25. The largest absolute Gasteiger partial charge is 0.507 e. The molecule has 36 heavy (non-hydrogen) atoms. The Morgan fingerprint density at radius 1 is 1.11 bits per heavy atom. The summed E-state index contributed by atoms with van der Waals surface area (Å²) in [5.74, 6) is -2.07. The van der Waals surface area contributed by atoms with E-state index < -0.39 is 23.7 Å². The molecule has 1 atom stereocenters. The van der Waals surface area contributed by atoms with Gasteiger partial charge < -0.3 is 19.5 Å². The Hall–Kier alpha value is -4.17. The standard InChI is InChI=1S/C27H23ClN2O6/c1-3-36-27(34)17-8-6-16(7-9-17)15-30-23(19-5-4-12-29-14-19)22(25(32)26(30)33)24(31)18-10-11-20(28)21(13-18)35-2/h4-14,23,31H,3,15H2,1-2H3/b24-22-. The van der Waals surface area contributed by atoms with Crippen molar-refractivity contribution in [2.45, 2.75) is 19.5 Å². The molecule has 1 aliphatic rings. The maximum Gasteiger partial charge on any atom is 0.338 e. The molecule has 4 rings (SSSR count). The monoisotopic (exact) mass is 506 g/mol. The van der Waals surface area contributed by atoms with E-state index in [1.165, 1.54) is 24.1 Å². The van der Waals surface area contributed by atoms with Crippen LogP contribution in [0.2, 0.25) is 5.02 Å². The second-order valence-corrected chi connectivity index (χ2v) is 8.39. The summed E-state index contributed by atoms with van der Waals surface area (Å²) in [6, 6.07) is 13.7. The molecule has 1 aliphatic heterocycles. The van der Waals surface area contributed by atoms with E-state index in [2.05, 4.69) is 4.98 Å². The summed E-state index contributed by atoms with van der Waals surface area (Å²) in [6.07, 6.45) is 3.12. The minimum Gasteiger partial charge on any atom is -0.507 e. The fraction of sp³-hybridized carbons (Fsp3) is 0.185. The molecule has 2 aromatic carbocycles. The summed E-state index contributed by atoms with van der Waals surface area (Å²) in [6.45, 7) is 2.05. The van der Waals surface area contributed by atoms with Gasteiger partial charge in [-0.15, -0.1) is 0 Å². The number of nitrogens with zero attached hydrogens (tertiary/aromatic N) is 2.